The largest absolute Gasteiger partial charge is 0.480 e. The molecule has 0 aliphatic carbocycles. The predicted molar refractivity (Wildman–Crippen MR) is 54.6 cm³/mol. The van der Waals surface area contributed by atoms with E-state index in [9.17, 15) is 4.79 Å². The minimum Gasteiger partial charge on any atom is -0.480 e. The van der Waals surface area contributed by atoms with Crippen molar-refractivity contribution in [2.75, 3.05) is 18.5 Å². The van der Waals surface area contributed by atoms with E-state index in [-0.39, 0.29) is 6.54 Å². The standard InChI is InChI=1S/C10H14N2O2/c1-7-5-11-8(2)4-9(7)12(3)6-10(13)14/h4-5H,6H2,1-3H3,(H,13,14). The van der Waals surface area contributed by atoms with Crippen LogP contribution in [0.15, 0.2) is 12.3 Å². The van der Waals surface area contributed by atoms with Crippen molar-refractivity contribution >= 4 is 11.7 Å². The Morgan fingerprint density at radius 3 is 2.79 bits per heavy atom. The number of carboxylic acid groups (broad SMARTS) is 1. The number of aromatic nitrogens is 1. The average molecular weight is 194 g/mol. The molecule has 0 bridgehead atoms. The van der Waals surface area contributed by atoms with Crippen molar-refractivity contribution in [3.63, 3.8) is 0 Å². The maximum absolute atomic E-state index is 10.5. The van der Waals surface area contributed by atoms with E-state index < -0.39 is 5.97 Å². The summed E-state index contributed by atoms with van der Waals surface area (Å²) in [6, 6.07) is 1.89. The van der Waals surface area contributed by atoms with Gasteiger partial charge in [0.25, 0.3) is 0 Å². The summed E-state index contributed by atoms with van der Waals surface area (Å²) in [4.78, 5) is 16.3. The number of nitrogens with zero attached hydrogens (tertiary/aromatic N) is 2. The molecule has 0 spiro atoms. The Hall–Kier alpha value is -1.58. The van der Waals surface area contributed by atoms with Crippen molar-refractivity contribution in [3.05, 3.63) is 23.5 Å². The van der Waals surface area contributed by atoms with Crippen LogP contribution in [-0.4, -0.2) is 29.7 Å². The Morgan fingerprint density at radius 1 is 1.57 bits per heavy atom. The van der Waals surface area contributed by atoms with Crippen LogP contribution in [0.1, 0.15) is 11.3 Å². The molecule has 1 heterocycles. The second-order valence-electron chi connectivity index (χ2n) is 3.36. The summed E-state index contributed by atoms with van der Waals surface area (Å²) in [7, 11) is 1.76. The lowest BCUT2D eigenvalue weighted by Gasteiger charge is -2.19. The van der Waals surface area contributed by atoms with E-state index in [1.807, 2.05) is 19.9 Å². The summed E-state index contributed by atoms with van der Waals surface area (Å²) in [6.45, 7) is 3.81. The SMILES string of the molecule is Cc1cc(N(C)CC(=O)O)c(C)cn1. The van der Waals surface area contributed by atoms with Crippen LogP contribution in [0, 0.1) is 13.8 Å². The van der Waals surface area contributed by atoms with Gasteiger partial charge in [0.1, 0.15) is 6.54 Å². The van der Waals surface area contributed by atoms with Gasteiger partial charge in [0, 0.05) is 24.6 Å². The van der Waals surface area contributed by atoms with Gasteiger partial charge in [-0.25, -0.2) is 0 Å². The molecule has 14 heavy (non-hydrogen) atoms. The molecule has 0 aromatic carbocycles. The molecule has 1 aromatic rings. The molecule has 0 saturated carbocycles. The number of hydrogen-bond acceptors (Lipinski definition) is 3. The Bertz CT molecular complexity index is 350. The minimum absolute atomic E-state index is 0.00426. The van der Waals surface area contributed by atoms with Crippen LogP contribution in [0.4, 0.5) is 5.69 Å². The molecule has 0 amide bonds. The number of aryl methyl sites for hydroxylation is 2. The molecule has 0 aliphatic rings. The van der Waals surface area contributed by atoms with Gasteiger partial charge in [0.15, 0.2) is 0 Å². The lowest BCUT2D eigenvalue weighted by molar-refractivity contribution is -0.135. The van der Waals surface area contributed by atoms with Gasteiger partial charge in [-0.3, -0.25) is 9.78 Å². The van der Waals surface area contributed by atoms with E-state index in [0.717, 1.165) is 16.9 Å². The second-order valence-corrected chi connectivity index (χ2v) is 3.36. The van der Waals surface area contributed by atoms with Crippen molar-refractivity contribution in [1.29, 1.82) is 0 Å². The van der Waals surface area contributed by atoms with E-state index >= 15 is 0 Å². The molecule has 0 unspecified atom stereocenters. The fraction of sp³-hybridized carbons (Fsp3) is 0.400. The maximum atomic E-state index is 10.5. The Balaban J connectivity index is 2.93. The summed E-state index contributed by atoms with van der Waals surface area (Å²) >= 11 is 0. The van der Waals surface area contributed by atoms with Gasteiger partial charge in [0.2, 0.25) is 0 Å². The van der Waals surface area contributed by atoms with E-state index in [1.54, 1.807) is 18.1 Å². The summed E-state index contributed by atoms with van der Waals surface area (Å²) in [5.41, 5.74) is 2.79. The number of carbonyl (C=O) groups is 1. The number of likely N-dealkylation sites (N-methyl/N-ethyl adjacent to an activating group) is 1. The Labute approximate surface area is 83.2 Å². The van der Waals surface area contributed by atoms with Crippen LogP contribution in [0.2, 0.25) is 0 Å². The monoisotopic (exact) mass is 194 g/mol. The van der Waals surface area contributed by atoms with Crippen LogP contribution in [0.5, 0.6) is 0 Å². The fourth-order valence-electron chi connectivity index (χ4n) is 1.31. The van der Waals surface area contributed by atoms with Crippen LogP contribution < -0.4 is 4.90 Å². The molecular weight excluding hydrogens is 180 g/mol. The van der Waals surface area contributed by atoms with Crippen LogP contribution >= 0.6 is 0 Å². The van der Waals surface area contributed by atoms with Gasteiger partial charge in [-0.05, 0) is 25.5 Å². The minimum atomic E-state index is -0.832. The number of rotatable bonds is 3. The highest BCUT2D eigenvalue weighted by molar-refractivity contribution is 5.74. The number of carboxylic acids is 1. The molecule has 0 aliphatic heterocycles. The normalized spacial score (nSPS) is 9.93. The first-order chi connectivity index (χ1) is 6.50. The summed E-state index contributed by atoms with van der Waals surface area (Å²) in [5, 5.41) is 8.65. The predicted octanol–water partition coefficient (Wildman–Crippen LogP) is 1.22. The molecule has 1 aromatic heterocycles. The molecule has 1 N–H and O–H groups in total. The zero-order valence-electron chi connectivity index (χ0n) is 8.61. The molecule has 4 heteroatoms. The van der Waals surface area contributed by atoms with E-state index in [4.69, 9.17) is 5.11 Å². The van der Waals surface area contributed by atoms with Gasteiger partial charge in [0.05, 0.1) is 0 Å². The van der Waals surface area contributed by atoms with E-state index in [0.29, 0.717) is 0 Å². The smallest absolute Gasteiger partial charge is 0.323 e. The molecule has 0 atom stereocenters. The van der Waals surface area contributed by atoms with E-state index in [2.05, 4.69) is 4.98 Å². The highest BCUT2D eigenvalue weighted by atomic mass is 16.4. The molecule has 76 valence electrons. The molecular formula is C10H14N2O2. The second kappa shape index (κ2) is 4.09. The number of anilines is 1. The van der Waals surface area contributed by atoms with Gasteiger partial charge in [-0.15, -0.1) is 0 Å². The number of hydrogen-bond donors (Lipinski definition) is 1. The first-order valence-corrected chi connectivity index (χ1v) is 4.37. The van der Waals surface area contributed by atoms with Crippen LogP contribution in [0.25, 0.3) is 0 Å². The van der Waals surface area contributed by atoms with Gasteiger partial charge in [-0.1, -0.05) is 0 Å². The lowest BCUT2D eigenvalue weighted by Crippen LogP contribution is -2.25. The zero-order chi connectivity index (χ0) is 10.7. The number of pyridine rings is 1. The molecule has 0 fully saturated rings. The lowest BCUT2D eigenvalue weighted by atomic mass is 10.2. The zero-order valence-corrected chi connectivity index (χ0v) is 8.61. The van der Waals surface area contributed by atoms with Gasteiger partial charge < -0.3 is 10.0 Å². The van der Waals surface area contributed by atoms with Crippen molar-refractivity contribution in [2.45, 2.75) is 13.8 Å². The fourth-order valence-corrected chi connectivity index (χ4v) is 1.31. The highest BCUT2D eigenvalue weighted by Gasteiger charge is 2.08. The Morgan fingerprint density at radius 2 is 2.21 bits per heavy atom. The van der Waals surface area contributed by atoms with Crippen molar-refractivity contribution in [3.8, 4) is 0 Å². The van der Waals surface area contributed by atoms with Gasteiger partial charge in [-0.2, -0.15) is 0 Å². The third-order valence-electron chi connectivity index (χ3n) is 2.00. The van der Waals surface area contributed by atoms with Gasteiger partial charge >= 0.3 is 5.97 Å². The van der Waals surface area contributed by atoms with Crippen molar-refractivity contribution in [2.24, 2.45) is 0 Å². The van der Waals surface area contributed by atoms with Crippen molar-refractivity contribution < 1.29 is 9.90 Å². The molecule has 0 saturated heterocycles. The summed E-state index contributed by atoms with van der Waals surface area (Å²) in [6.07, 6.45) is 1.75. The number of aliphatic carboxylic acids is 1. The first-order valence-electron chi connectivity index (χ1n) is 4.37. The van der Waals surface area contributed by atoms with E-state index in [1.165, 1.54) is 0 Å². The summed E-state index contributed by atoms with van der Waals surface area (Å²) < 4.78 is 0. The van der Waals surface area contributed by atoms with Crippen LogP contribution in [0.3, 0.4) is 0 Å². The third kappa shape index (κ3) is 2.45. The first kappa shape index (κ1) is 10.5. The molecule has 4 nitrogen and oxygen atoms in total. The average Bonchev–Trinajstić information content (AvgIpc) is 2.08. The molecule has 0 radical (unpaired) electrons. The van der Waals surface area contributed by atoms with Crippen LogP contribution in [-0.2, 0) is 4.79 Å². The summed E-state index contributed by atoms with van der Waals surface area (Å²) in [5.74, 6) is -0.832. The third-order valence-corrected chi connectivity index (χ3v) is 2.00. The quantitative estimate of drug-likeness (QED) is 0.786. The topological polar surface area (TPSA) is 53.4 Å². The molecule has 1 rings (SSSR count). The Kier molecular flexibility index (Phi) is 3.06. The maximum Gasteiger partial charge on any atom is 0.323 e. The highest BCUT2D eigenvalue weighted by Crippen LogP contribution is 2.17. The van der Waals surface area contributed by atoms with Crippen molar-refractivity contribution in [1.82, 2.24) is 4.98 Å².